The van der Waals surface area contributed by atoms with Gasteiger partial charge in [-0.25, -0.2) is 4.98 Å². The number of anilines is 1. The number of aromatic nitrogens is 1. The van der Waals surface area contributed by atoms with E-state index < -0.39 is 0 Å². The third-order valence-electron chi connectivity index (χ3n) is 3.51. The van der Waals surface area contributed by atoms with Gasteiger partial charge < -0.3 is 15.0 Å². The standard InChI is InChI=1S/C16H18N4OS/c17-9-13-2-1-3-14(8-13)10-18-11-15-12-19-16(22-15)20-4-6-21-7-5-20/h1-3,8,12,18H,4-7,10-11H2. The van der Waals surface area contributed by atoms with Gasteiger partial charge in [-0.15, -0.1) is 11.3 Å². The first-order chi connectivity index (χ1) is 10.8. The van der Waals surface area contributed by atoms with Crippen LogP contribution in [0.4, 0.5) is 5.13 Å². The number of benzene rings is 1. The summed E-state index contributed by atoms with van der Waals surface area (Å²) in [5, 5.41) is 13.4. The van der Waals surface area contributed by atoms with Crippen LogP contribution >= 0.6 is 11.3 Å². The lowest BCUT2D eigenvalue weighted by molar-refractivity contribution is 0.122. The molecule has 0 saturated carbocycles. The minimum absolute atomic E-state index is 0.701. The lowest BCUT2D eigenvalue weighted by Crippen LogP contribution is -2.36. The normalized spacial score (nSPS) is 14.8. The van der Waals surface area contributed by atoms with Crippen LogP contribution in [0, 0.1) is 11.3 Å². The Bertz CT molecular complexity index is 658. The molecule has 0 amide bonds. The predicted octanol–water partition coefficient (Wildman–Crippen LogP) is 2.14. The van der Waals surface area contributed by atoms with Crippen molar-refractivity contribution in [3.05, 3.63) is 46.5 Å². The van der Waals surface area contributed by atoms with Gasteiger partial charge in [0, 0.05) is 37.3 Å². The summed E-state index contributed by atoms with van der Waals surface area (Å²) in [4.78, 5) is 7.99. The maximum atomic E-state index is 8.90. The highest BCUT2D eigenvalue weighted by Crippen LogP contribution is 2.23. The van der Waals surface area contributed by atoms with Crippen LogP contribution in [0.1, 0.15) is 16.0 Å². The van der Waals surface area contributed by atoms with Gasteiger partial charge in [-0.2, -0.15) is 5.26 Å². The van der Waals surface area contributed by atoms with Crippen molar-refractivity contribution < 1.29 is 4.74 Å². The molecule has 2 aromatic rings. The number of hydrogen-bond donors (Lipinski definition) is 1. The van der Waals surface area contributed by atoms with Gasteiger partial charge in [0.1, 0.15) is 0 Å². The van der Waals surface area contributed by atoms with Crippen LogP contribution in [0.3, 0.4) is 0 Å². The molecular formula is C16H18N4OS. The maximum Gasteiger partial charge on any atom is 0.185 e. The Balaban J connectivity index is 1.51. The van der Waals surface area contributed by atoms with Crippen molar-refractivity contribution in [2.75, 3.05) is 31.2 Å². The van der Waals surface area contributed by atoms with Crippen LogP contribution in [0.25, 0.3) is 0 Å². The van der Waals surface area contributed by atoms with E-state index in [1.807, 2.05) is 30.5 Å². The summed E-state index contributed by atoms with van der Waals surface area (Å²) in [6, 6.07) is 9.84. The van der Waals surface area contributed by atoms with Gasteiger partial charge in [0.25, 0.3) is 0 Å². The van der Waals surface area contributed by atoms with E-state index in [9.17, 15) is 0 Å². The summed E-state index contributed by atoms with van der Waals surface area (Å²) in [6.45, 7) is 4.94. The minimum atomic E-state index is 0.701. The van der Waals surface area contributed by atoms with Crippen LogP contribution in [0.5, 0.6) is 0 Å². The van der Waals surface area contributed by atoms with Gasteiger partial charge >= 0.3 is 0 Å². The van der Waals surface area contributed by atoms with E-state index in [1.54, 1.807) is 11.3 Å². The molecule has 1 N–H and O–H groups in total. The number of morpholine rings is 1. The number of nitrogens with zero attached hydrogens (tertiary/aromatic N) is 3. The zero-order chi connectivity index (χ0) is 15.2. The van der Waals surface area contributed by atoms with Crippen molar-refractivity contribution >= 4 is 16.5 Å². The van der Waals surface area contributed by atoms with Crippen molar-refractivity contribution in [3.63, 3.8) is 0 Å². The van der Waals surface area contributed by atoms with Crippen LogP contribution in [0.2, 0.25) is 0 Å². The van der Waals surface area contributed by atoms with E-state index in [1.165, 1.54) is 4.88 Å². The van der Waals surface area contributed by atoms with Crippen molar-refractivity contribution in [1.29, 1.82) is 5.26 Å². The first-order valence-corrected chi connectivity index (χ1v) is 8.14. The minimum Gasteiger partial charge on any atom is -0.378 e. The molecule has 0 radical (unpaired) electrons. The number of rotatable bonds is 5. The average molecular weight is 314 g/mol. The van der Waals surface area contributed by atoms with Crippen molar-refractivity contribution in [1.82, 2.24) is 10.3 Å². The molecule has 0 atom stereocenters. The molecule has 1 fully saturated rings. The summed E-state index contributed by atoms with van der Waals surface area (Å²) < 4.78 is 5.36. The number of hydrogen-bond acceptors (Lipinski definition) is 6. The Kier molecular flexibility index (Phi) is 5.01. The van der Waals surface area contributed by atoms with Crippen LogP contribution in [-0.2, 0) is 17.8 Å². The fourth-order valence-corrected chi connectivity index (χ4v) is 3.29. The van der Waals surface area contributed by atoms with Crippen molar-refractivity contribution in [2.45, 2.75) is 13.1 Å². The molecule has 1 aromatic carbocycles. The molecule has 0 bridgehead atoms. The smallest absolute Gasteiger partial charge is 0.185 e. The third kappa shape index (κ3) is 3.83. The first-order valence-electron chi connectivity index (χ1n) is 7.32. The molecule has 0 spiro atoms. The van der Waals surface area contributed by atoms with E-state index in [2.05, 4.69) is 21.3 Å². The Morgan fingerprint density at radius 2 is 2.18 bits per heavy atom. The lowest BCUT2D eigenvalue weighted by Gasteiger charge is -2.25. The van der Waals surface area contributed by atoms with Crippen molar-refractivity contribution in [2.24, 2.45) is 0 Å². The second-order valence-corrected chi connectivity index (χ2v) is 6.22. The second-order valence-electron chi connectivity index (χ2n) is 5.12. The van der Waals surface area contributed by atoms with E-state index in [-0.39, 0.29) is 0 Å². The van der Waals surface area contributed by atoms with Crippen LogP contribution in [0.15, 0.2) is 30.5 Å². The number of ether oxygens (including phenoxy) is 1. The Morgan fingerprint density at radius 3 is 3.00 bits per heavy atom. The molecule has 1 aromatic heterocycles. The topological polar surface area (TPSA) is 61.2 Å². The predicted molar refractivity (Wildman–Crippen MR) is 86.8 cm³/mol. The average Bonchev–Trinajstić information content (AvgIpc) is 3.05. The van der Waals surface area contributed by atoms with Gasteiger partial charge in [0.15, 0.2) is 5.13 Å². The highest BCUT2D eigenvalue weighted by atomic mass is 32.1. The molecule has 1 saturated heterocycles. The molecule has 5 nitrogen and oxygen atoms in total. The zero-order valence-corrected chi connectivity index (χ0v) is 13.1. The molecule has 6 heteroatoms. The molecule has 1 aliphatic rings. The molecule has 0 aliphatic carbocycles. The summed E-state index contributed by atoms with van der Waals surface area (Å²) in [6.07, 6.45) is 1.94. The number of thiazole rings is 1. The van der Waals surface area contributed by atoms with Gasteiger partial charge in [-0.1, -0.05) is 12.1 Å². The summed E-state index contributed by atoms with van der Waals surface area (Å²) in [7, 11) is 0. The fourth-order valence-electron chi connectivity index (χ4n) is 2.36. The fraction of sp³-hybridized carbons (Fsp3) is 0.375. The van der Waals surface area contributed by atoms with Crippen LogP contribution < -0.4 is 10.2 Å². The van der Waals surface area contributed by atoms with E-state index in [0.29, 0.717) is 5.56 Å². The van der Waals surface area contributed by atoms with E-state index >= 15 is 0 Å². The monoisotopic (exact) mass is 314 g/mol. The Labute approximate surface area is 134 Å². The Morgan fingerprint density at radius 1 is 1.32 bits per heavy atom. The maximum absolute atomic E-state index is 8.90. The second kappa shape index (κ2) is 7.36. The summed E-state index contributed by atoms with van der Waals surface area (Å²) >= 11 is 1.73. The molecular weight excluding hydrogens is 296 g/mol. The molecule has 114 valence electrons. The van der Waals surface area contributed by atoms with E-state index in [0.717, 1.165) is 50.1 Å². The summed E-state index contributed by atoms with van der Waals surface area (Å²) in [5.74, 6) is 0. The zero-order valence-electron chi connectivity index (χ0n) is 12.3. The highest BCUT2D eigenvalue weighted by Gasteiger charge is 2.14. The number of nitrogens with one attached hydrogen (secondary N) is 1. The Hall–Kier alpha value is -1.94. The van der Waals surface area contributed by atoms with Crippen LogP contribution in [-0.4, -0.2) is 31.3 Å². The quantitative estimate of drug-likeness (QED) is 0.916. The molecule has 3 rings (SSSR count). The SMILES string of the molecule is N#Cc1cccc(CNCc2cnc(N3CCOCC3)s2)c1. The molecule has 2 heterocycles. The molecule has 1 aliphatic heterocycles. The highest BCUT2D eigenvalue weighted by molar-refractivity contribution is 7.15. The third-order valence-corrected chi connectivity index (χ3v) is 4.57. The molecule has 0 unspecified atom stereocenters. The summed E-state index contributed by atoms with van der Waals surface area (Å²) in [5.41, 5.74) is 1.82. The van der Waals surface area contributed by atoms with Gasteiger partial charge in [0.2, 0.25) is 0 Å². The van der Waals surface area contributed by atoms with Gasteiger partial charge in [-0.3, -0.25) is 0 Å². The van der Waals surface area contributed by atoms with Gasteiger partial charge in [0.05, 0.1) is 24.8 Å². The van der Waals surface area contributed by atoms with Crippen molar-refractivity contribution in [3.8, 4) is 6.07 Å². The van der Waals surface area contributed by atoms with Gasteiger partial charge in [-0.05, 0) is 17.7 Å². The first kappa shape index (κ1) is 15.0. The van der Waals surface area contributed by atoms with E-state index in [4.69, 9.17) is 10.00 Å². The molecule has 22 heavy (non-hydrogen) atoms. The lowest BCUT2D eigenvalue weighted by atomic mass is 10.1. The number of nitriles is 1. The largest absolute Gasteiger partial charge is 0.378 e.